The Kier molecular flexibility index (Phi) is 2.88. The van der Waals surface area contributed by atoms with Crippen LogP contribution in [0.3, 0.4) is 0 Å². The minimum atomic E-state index is 0.105. The molecule has 24 heavy (non-hydrogen) atoms. The van der Waals surface area contributed by atoms with Crippen LogP contribution in [0.15, 0.2) is 52.9 Å². The zero-order valence-electron chi connectivity index (χ0n) is 14.4. The van der Waals surface area contributed by atoms with Gasteiger partial charge >= 0.3 is 0 Å². The summed E-state index contributed by atoms with van der Waals surface area (Å²) in [5.41, 5.74) is 5.33. The Morgan fingerprint density at radius 1 is 1.00 bits per heavy atom. The molecule has 1 spiro atoms. The molecule has 1 saturated carbocycles. The summed E-state index contributed by atoms with van der Waals surface area (Å²) in [5.74, 6) is 1.18. The molecule has 1 atom stereocenters. The third kappa shape index (κ3) is 1.66. The number of para-hydroxylation sites is 2. The van der Waals surface area contributed by atoms with E-state index in [2.05, 4.69) is 67.3 Å². The number of furan rings is 1. The van der Waals surface area contributed by atoms with E-state index in [9.17, 15) is 0 Å². The molecule has 2 heteroatoms. The van der Waals surface area contributed by atoms with Crippen LogP contribution in [0.2, 0.25) is 0 Å². The minimum Gasteiger partial charge on any atom is -0.458 e. The Morgan fingerprint density at radius 2 is 1.71 bits per heavy atom. The molecule has 0 bridgehead atoms. The number of anilines is 1. The summed E-state index contributed by atoms with van der Waals surface area (Å²) in [6.45, 7) is 4.53. The molecule has 1 aromatic heterocycles. The highest BCUT2D eigenvalue weighted by molar-refractivity contribution is 5.86. The summed E-state index contributed by atoms with van der Waals surface area (Å²) in [5, 5.41) is 1.32. The number of hydrogen-bond acceptors (Lipinski definition) is 2. The smallest absolute Gasteiger partial charge is 0.134 e. The van der Waals surface area contributed by atoms with Gasteiger partial charge in [-0.15, -0.1) is 0 Å². The van der Waals surface area contributed by atoms with Crippen LogP contribution in [0.1, 0.15) is 55.5 Å². The number of nitrogens with zero attached hydrogens (tertiary/aromatic N) is 1. The van der Waals surface area contributed by atoms with E-state index in [-0.39, 0.29) is 11.6 Å². The van der Waals surface area contributed by atoms with Gasteiger partial charge in [-0.05, 0) is 44.4 Å². The fraction of sp³-hybridized carbons (Fsp3) is 0.364. The Bertz CT molecular complexity index is 917. The van der Waals surface area contributed by atoms with E-state index in [0.717, 1.165) is 5.58 Å². The molecule has 1 unspecified atom stereocenters. The van der Waals surface area contributed by atoms with Gasteiger partial charge in [0.25, 0.3) is 0 Å². The molecule has 2 aromatic carbocycles. The first kappa shape index (κ1) is 14.2. The van der Waals surface area contributed by atoms with Gasteiger partial charge in [-0.3, -0.25) is 0 Å². The first-order chi connectivity index (χ1) is 11.7. The normalized spacial score (nSPS) is 21.8. The number of benzene rings is 2. The lowest BCUT2D eigenvalue weighted by atomic mass is 9.87. The average molecular weight is 317 g/mol. The Morgan fingerprint density at radius 3 is 2.50 bits per heavy atom. The summed E-state index contributed by atoms with van der Waals surface area (Å²) >= 11 is 0. The summed E-state index contributed by atoms with van der Waals surface area (Å²) in [7, 11) is 0. The maximum absolute atomic E-state index is 6.36. The van der Waals surface area contributed by atoms with Gasteiger partial charge in [-0.25, -0.2) is 0 Å². The number of hydrogen-bond donors (Lipinski definition) is 0. The Balaban J connectivity index is 1.80. The molecule has 2 aliphatic rings. The maximum atomic E-state index is 6.36. The second-order valence-electron chi connectivity index (χ2n) is 7.41. The van der Waals surface area contributed by atoms with E-state index < -0.39 is 0 Å². The lowest BCUT2D eigenvalue weighted by Gasteiger charge is -2.41. The molecule has 0 saturated heterocycles. The van der Waals surface area contributed by atoms with Gasteiger partial charge in [-0.2, -0.15) is 0 Å². The van der Waals surface area contributed by atoms with Crippen LogP contribution in [-0.2, 0) is 5.54 Å². The van der Waals surface area contributed by atoms with Crippen LogP contribution in [-0.4, -0.2) is 0 Å². The molecule has 122 valence electrons. The van der Waals surface area contributed by atoms with Gasteiger partial charge in [-0.1, -0.05) is 49.2 Å². The first-order valence-corrected chi connectivity index (χ1v) is 9.09. The van der Waals surface area contributed by atoms with E-state index in [1.807, 2.05) is 0 Å². The van der Waals surface area contributed by atoms with Crippen LogP contribution in [0.25, 0.3) is 11.0 Å². The summed E-state index contributed by atoms with van der Waals surface area (Å²) in [6.07, 6.45) is 5.05. The lowest BCUT2D eigenvalue weighted by Crippen LogP contribution is -2.40. The lowest BCUT2D eigenvalue weighted by molar-refractivity contribution is 0.410. The Labute approximate surface area is 143 Å². The second kappa shape index (κ2) is 4.89. The van der Waals surface area contributed by atoms with Crippen LogP contribution in [0, 0.1) is 6.92 Å². The summed E-state index contributed by atoms with van der Waals surface area (Å²) in [4.78, 5) is 2.66. The van der Waals surface area contributed by atoms with Crippen LogP contribution in [0.4, 0.5) is 5.69 Å². The van der Waals surface area contributed by atoms with E-state index in [1.54, 1.807) is 0 Å². The number of aryl methyl sites for hydroxylation is 1. The molecule has 3 aromatic rings. The van der Waals surface area contributed by atoms with Crippen molar-refractivity contribution in [2.24, 2.45) is 0 Å². The van der Waals surface area contributed by atoms with Crippen molar-refractivity contribution < 1.29 is 4.42 Å². The van der Waals surface area contributed by atoms with Crippen molar-refractivity contribution in [2.75, 3.05) is 4.90 Å². The molecule has 0 amide bonds. The first-order valence-electron chi connectivity index (χ1n) is 9.09. The van der Waals surface area contributed by atoms with Crippen LogP contribution in [0.5, 0.6) is 0 Å². The number of fused-ring (bicyclic) bond motifs is 4. The average Bonchev–Trinajstić information content (AvgIpc) is 3.26. The van der Waals surface area contributed by atoms with Crippen molar-refractivity contribution >= 4 is 16.7 Å². The van der Waals surface area contributed by atoms with Gasteiger partial charge in [0.05, 0.1) is 11.6 Å². The largest absolute Gasteiger partial charge is 0.458 e. The van der Waals surface area contributed by atoms with Crippen molar-refractivity contribution in [3.05, 3.63) is 65.4 Å². The van der Waals surface area contributed by atoms with Crippen molar-refractivity contribution in [3.63, 3.8) is 0 Å². The van der Waals surface area contributed by atoms with Gasteiger partial charge in [0.2, 0.25) is 0 Å². The quantitative estimate of drug-likeness (QED) is 0.540. The molecular weight excluding hydrogens is 294 g/mol. The molecule has 2 heterocycles. The standard InChI is InChI=1S/C22H23NO/c1-15-9-3-5-11-18(15)23-16(2)21-20(22(23)13-7-8-14-22)17-10-4-6-12-19(17)24-21/h3-6,9-12,16H,7-8,13-14H2,1-2H3. The molecule has 1 aliphatic carbocycles. The molecule has 1 fully saturated rings. The number of rotatable bonds is 1. The third-order valence-electron chi connectivity index (χ3n) is 6.12. The van der Waals surface area contributed by atoms with Crippen LogP contribution >= 0.6 is 0 Å². The van der Waals surface area contributed by atoms with E-state index in [1.165, 1.54) is 53.6 Å². The highest BCUT2D eigenvalue weighted by atomic mass is 16.3. The maximum Gasteiger partial charge on any atom is 0.134 e. The van der Waals surface area contributed by atoms with Gasteiger partial charge in [0.15, 0.2) is 0 Å². The van der Waals surface area contributed by atoms with Crippen molar-refractivity contribution in [3.8, 4) is 0 Å². The highest BCUT2D eigenvalue weighted by Crippen LogP contribution is 2.59. The van der Waals surface area contributed by atoms with Crippen molar-refractivity contribution in [2.45, 2.75) is 51.1 Å². The predicted molar refractivity (Wildman–Crippen MR) is 98.4 cm³/mol. The molecule has 0 radical (unpaired) electrons. The molecule has 0 N–H and O–H groups in total. The highest BCUT2D eigenvalue weighted by Gasteiger charge is 2.53. The SMILES string of the molecule is Cc1ccccc1N1C(C)c2oc3ccccc3c2C12CCCC2. The van der Waals surface area contributed by atoms with Crippen molar-refractivity contribution in [1.29, 1.82) is 0 Å². The van der Waals surface area contributed by atoms with Gasteiger partial charge < -0.3 is 9.32 Å². The topological polar surface area (TPSA) is 16.4 Å². The molecule has 2 nitrogen and oxygen atoms in total. The zero-order valence-corrected chi connectivity index (χ0v) is 14.4. The second-order valence-corrected chi connectivity index (χ2v) is 7.41. The third-order valence-corrected chi connectivity index (χ3v) is 6.12. The Hall–Kier alpha value is -2.22. The monoisotopic (exact) mass is 317 g/mol. The fourth-order valence-corrected chi connectivity index (χ4v) is 5.17. The molecular formula is C22H23NO. The molecule has 1 aliphatic heterocycles. The van der Waals surface area contributed by atoms with Gasteiger partial charge in [0.1, 0.15) is 11.3 Å². The van der Waals surface area contributed by atoms with E-state index >= 15 is 0 Å². The predicted octanol–water partition coefficient (Wildman–Crippen LogP) is 6.09. The molecule has 5 rings (SSSR count). The van der Waals surface area contributed by atoms with Crippen LogP contribution < -0.4 is 4.90 Å². The zero-order chi connectivity index (χ0) is 16.3. The fourth-order valence-electron chi connectivity index (χ4n) is 5.17. The van der Waals surface area contributed by atoms with Crippen molar-refractivity contribution in [1.82, 2.24) is 0 Å². The summed E-state index contributed by atoms with van der Waals surface area (Å²) < 4.78 is 6.36. The summed E-state index contributed by atoms with van der Waals surface area (Å²) in [6, 6.07) is 17.7. The van der Waals surface area contributed by atoms with E-state index in [0.29, 0.717) is 0 Å². The van der Waals surface area contributed by atoms with Gasteiger partial charge in [0, 0.05) is 16.6 Å². The minimum absolute atomic E-state index is 0.105. The van der Waals surface area contributed by atoms with E-state index in [4.69, 9.17) is 4.42 Å².